The molecule has 0 aliphatic carbocycles. The molecule has 0 bridgehead atoms. The van der Waals surface area contributed by atoms with E-state index < -0.39 is 86.8 Å². The minimum absolute atomic E-state index is 0.229. The molecule has 2 fully saturated rings. The number of allylic oxidation sites excluding steroid dienone is 3. The lowest BCUT2D eigenvalue weighted by molar-refractivity contribution is -0.359. The van der Waals surface area contributed by atoms with E-state index in [0.717, 1.165) is 38.5 Å². The highest BCUT2D eigenvalue weighted by molar-refractivity contribution is 5.76. The molecule has 2 saturated heterocycles. The summed E-state index contributed by atoms with van der Waals surface area (Å²) in [6.45, 7) is 2.88. The normalized spacial score (nSPS) is 21.9. The van der Waals surface area contributed by atoms with Gasteiger partial charge in [-0.1, -0.05) is 398 Å². The third kappa shape index (κ3) is 52.5. The molecule has 0 aromatic heterocycles. The molecule has 0 spiro atoms. The maximum Gasteiger partial charge on any atom is 0.220 e. The number of unbranched alkanes of at least 4 members (excludes halogenated alkanes) is 60. The van der Waals surface area contributed by atoms with Crippen molar-refractivity contribution in [2.75, 3.05) is 19.8 Å². The number of rotatable bonds is 75. The van der Waals surface area contributed by atoms with Gasteiger partial charge in [0.1, 0.15) is 48.8 Å². The van der Waals surface area contributed by atoms with Crippen molar-refractivity contribution in [1.29, 1.82) is 0 Å². The van der Waals surface area contributed by atoms with Crippen LogP contribution in [0.5, 0.6) is 0 Å². The molecule has 592 valence electrons. The Kier molecular flexibility index (Phi) is 66.6. The standard InChI is InChI=1S/C86H165NO13/c1-3-5-7-9-11-13-15-17-19-21-23-25-27-29-31-33-34-35-36-37-38-39-40-42-44-46-48-50-52-54-56-58-60-62-64-66-68-70-78(91)87-74(73-97-85-83(96)81(94)84(77(72-89)99-85)100-86-82(95)80(93)79(92)76(71-88)98-86)75(90)69-67-65-63-61-59-57-55-53-51-49-47-45-43-41-32-30-28-26-24-22-20-18-16-14-12-10-8-6-4-2/h21,23,67,69,74-77,79-86,88-90,92-96H,3-20,22,24-66,68,70-73H2,1-2H3,(H,87,91)/b23-21-,69-67+. The Balaban J connectivity index is 1.57. The Labute approximate surface area is 615 Å². The topological polar surface area (TPSA) is 228 Å². The predicted molar refractivity (Wildman–Crippen MR) is 415 cm³/mol. The van der Waals surface area contributed by atoms with E-state index in [4.69, 9.17) is 18.9 Å². The Morgan fingerprint density at radius 2 is 0.630 bits per heavy atom. The molecule has 0 aromatic rings. The van der Waals surface area contributed by atoms with Gasteiger partial charge in [0.05, 0.1) is 32.0 Å². The summed E-state index contributed by atoms with van der Waals surface area (Å²) in [5.74, 6) is -0.229. The van der Waals surface area contributed by atoms with Crippen LogP contribution in [0, 0.1) is 0 Å². The summed E-state index contributed by atoms with van der Waals surface area (Å²) in [5, 5.41) is 87.8. The van der Waals surface area contributed by atoms with Gasteiger partial charge in [-0.2, -0.15) is 0 Å². The highest BCUT2D eigenvalue weighted by Crippen LogP contribution is 2.31. The summed E-state index contributed by atoms with van der Waals surface area (Å²) < 4.78 is 23.0. The summed E-state index contributed by atoms with van der Waals surface area (Å²) in [4.78, 5) is 13.4. The number of amides is 1. The van der Waals surface area contributed by atoms with Crippen LogP contribution < -0.4 is 5.32 Å². The molecule has 2 heterocycles. The van der Waals surface area contributed by atoms with E-state index in [1.165, 1.54) is 360 Å². The van der Waals surface area contributed by atoms with E-state index in [9.17, 15) is 45.6 Å². The van der Waals surface area contributed by atoms with Gasteiger partial charge in [0.25, 0.3) is 0 Å². The molecule has 0 radical (unpaired) electrons. The summed E-state index contributed by atoms with van der Waals surface area (Å²) in [5.41, 5.74) is 0. The first-order chi connectivity index (χ1) is 49.1. The predicted octanol–water partition coefficient (Wildman–Crippen LogP) is 20.6. The highest BCUT2D eigenvalue weighted by atomic mass is 16.7. The number of carbonyl (C=O) groups excluding carboxylic acids is 1. The summed E-state index contributed by atoms with van der Waals surface area (Å²) in [6, 6.07) is -0.914. The van der Waals surface area contributed by atoms with E-state index in [-0.39, 0.29) is 18.9 Å². The van der Waals surface area contributed by atoms with Crippen LogP contribution in [0.25, 0.3) is 0 Å². The average Bonchev–Trinajstić information content (AvgIpc) is 0.791. The number of aliphatic hydroxyl groups excluding tert-OH is 8. The molecular weight excluding hydrogens is 1250 g/mol. The number of carbonyl (C=O) groups is 1. The van der Waals surface area contributed by atoms with Gasteiger partial charge >= 0.3 is 0 Å². The van der Waals surface area contributed by atoms with Crippen LogP contribution in [0.2, 0.25) is 0 Å². The first-order valence-corrected chi connectivity index (χ1v) is 43.6. The van der Waals surface area contributed by atoms with Crippen LogP contribution in [-0.4, -0.2) is 140 Å². The summed E-state index contributed by atoms with van der Waals surface area (Å²) in [7, 11) is 0. The molecule has 2 rings (SSSR count). The number of hydrogen-bond acceptors (Lipinski definition) is 13. The van der Waals surface area contributed by atoms with Gasteiger partial charge in [0.15, 0.2) is 12.6 Å². The zero-order chi connectivity index (χ0) is 72.2. The van der Waals surface area contributed by atoms with Crippen LogP contribution in [0.1, 0.15) is 425 Å². The molecule has 12 unspecified atom stereocenters. The number of hydrogen-bond donors (Lipinski definition) is 9. The van der Waals surface area contributed by atoms with Crippen molar-refractivity contribution in [3.63, 3.8) is 0 Å². The average molecular weight is 1420 g/mol. The van der Waals surface area contributed by atoms with Gasteiger partial charge < -0.3 is 65.1 Å². The second-order valence-corrected chi connectivity index (χ2v) is 31.0. The van der Waals surface area contributed by atoms with Crippen LogP contribution in [0.3, 0.4) is 0 Å². The Morgan fingerprint density at radius 1 is 0.350 bits per heavy atom. The minimum atomic E-state index is -1.79. The molecule has 14 heteroatoms. The van der Waals surface area contributed by atoms with Crippen molar-refractivity contribution in [2.24, 2.45) is 0 Å². The third-order valence-corrected chi connectivity index (χ3v) is 21.6. The van der Waals surface area contributed by atoms with E-state index in [1.54, 1.807) is 6.08 Å². The van der Waals surface area contributed by atoms with Crippen molar-refractivity contribution < 1.29 is 64.6 Å². The molecule has 12 atom stereocenters. The molecule has 1 amide bonds. The second kappa shape index (κ2) is 70.5. The fourth-order valence-electron chi connectivity index (χ4n) is 14.8. The quantitative estimate of drug-likeness (QED) is 0.0204. The summed E-state index contributed by atoms with van der Waals surface area (Å²) in [6.07, 6.45) is 75.8. The number of aliphatic hydroxyl groups is 8. The molecule has 100 heavy (non-hydrogen) atoms. The Morgan fingerprint density at radius 3 is 0.950 bits per heavy atom. The van der Waals surface area contributed by atoms with Crippen molar-refractivity contribution >= 4 is 5.91 Å². The fraction of sp³-hybridized carbons (Fsp3) is 0.942. The van der Waals surface area contributed by atoms with Gasteiger partial charge in [0, 0.05) is 6.42 Å². The van der Waals surface area contributed by atoms with Gasteiger partial charge in [-0.3, -0.25) is 4.79 Å². The van der Waals surface area contributed by atoms with Gasteiger partial charge in [-0.25, -0.2) is 0 Å². The van der Waals surface area contributed by atoms with Gasteiger partial charge in [-0.15, -0.1) is 0 Å². The molecule has 2 aliphatic rings. The molecule has 9 N–H and O–H groups in total. The van der Waals surface area contributed by atoms with Crippen LogP contribution in [0.4, 0.5) is 0 Å². The maximum atomic E-state index is 13.4. The SMILES string of the molecule is CCCCCCCCCC/C=C\CCCCCCCCCCCCCCCCCCCCCCCCCCCC(=O)NC(COC1OC(CO)C(OC2OC(CO)C(O)C(O)C2O)C(O)C1O)C(O)/C=C/CCCCCCCCCCCCCCCCCCCCCCCCCCCCC. The largest absolute Gasteiger partial charge is 0.394 e. The zero-order valence-electron chi connectivity index (χ0n) is 65.2. The van der Waals surface area contributed by atoms with Crippen molar-refractivity contribution in [2.45, 2.75) is 498 Å². The Hall–Kier alpha value is -1.53. The first-order valence-electron chi connectivity index (χ1n) is 43.6. The summed E-state index contributed by atoms with van der Waals surface area (Å²) >= 11 is 0. The van der Waals surface area contributed by atoms with Gasteiger partial charge in [-0.05, 0) is 44.9 Å². The lowest BCUT2D eigenvalue weighted by atomic mass is 9.97. The van der Waals surface area contributed by atoms with Crippen molar-refractivity contribution in [1.82, 2.24) is 5.32 Å². The second-order valence-electron chi connectivity index (χ2n) is 31.0. The maximum absolute atomic E-state index is 13.4. The van der Waals surface area contributed by atoms with Gasteiger partial charge in [0.2, 0.25) is 5.91 Å². The minimum Gasteiger partial charge on any atom is -0.394 e. The molecular formula is C86H165NO13. The Bertz CT molecular complexity index is 1770. The highest BCUT2D eigenvalue weighted by Gasteiger charge is 2.51. The number of ether oxygens (including phenoxy) is 4. The van der Waals surface area contributed by atoms with Crippen LogP contribution in [0.15, 0.2) is 24.3 Å². The lowest BCUT2D eigenvalue weighted by Crippen LogP contribution is -2.65. The molecule has 0 saturated carbocycles. The van der Waals surface area contributed by atoms with Crippen molar-refractivity contribution in [3.8, 4) is 0 Å². The number of nitrogens with one attached hydrogen (secondary N) is 1. The van der Waals surface area contributed by atoms with Crippen LogP contribution in [-0.2, 0) is 23.7 Å². The lowest BCUT2D eigenvalue weighted by Gasteiger charge is -2.46. The van der Waals surface area contributed by atoms with Crippen molar-refractivity contribution in [3.05, 3.63) is 24.3 Å². The van der Waals surface area contributed by atoms with E-state index in [0.29, 0.717) is 6.42 Å². The van der Waals surface area contributed by atoms with E-state index in [1.807, 2.05) is 6.08 Å². The zero-order valence-corrected chi connectivity index (χ0v) is 65.2. The molecule has 2 aliphatic heterocycles. The molecule has 0 aromatic carbocycles. The third-order valence-electron chi connectivity index (χ3n) is 21.6. The monoisotopic (exact) mass is 1420 g/mol. The van der Waals surface area contributed by atoms with E-state index in [2.05, 4.69) is 31.3 Å². The van der Waals surface area contributed by atoms with E-state index >= 15 is 0 Å². The molecule has 14 nitrogen and oxygen atoms in total. The first kappa shape index (κ1) is 94.6. The fourth-order valence-corrected chi connectivity index (χ4v) is 14.8. The van der Waals surface area contributed by atoms with Crippen LogP contribution >= 0.6 is 0 Å². The smallest absolute Gasteiger partial charge is 0.220 e.